The monoisotopic (exact) mass is 243 g/mol. The lowest BCUT2D eigenvalue weighted by Gasteiger charge is -2.25. The van der Waals surface area contributed by atoms with E-state index in [-0.39, 0.29) is 11.2 Å². The number of hydrogen-bond donors (Lipinski definition) is 1. The molecule has 0 spiro atoms. The van der Waals surface area contributed by atoms with Crippen molar-refractivity contribution in [1.82, 2.24) is 0 Å². The molecule has 2 nitrogen and oxygen atoms in total. The van der Waals surface area contributed by atoms with Crippen LogP contribution in [0.15, 0.2) is 18.2 Å². The van der Waals surface area contributed by atoms with Crippen LogP contribution in [0.1, 0.15) is 12.0 Å². The highest BCUT2D eigenvalue weighted by atomic mass is 35.5. The number of ether oxygens (including phenoxy) is 1. The molecule has 16 heavy (non-hydrogen) atoms. The zero-order chi connectivity index (χ0) is 11.6. The minimum atomic E-state index is -0.218. The summed E-state index contributed by atoms with van der Waals surface area (Å²) in [5.74, 6) is -0.218. The molecular formula is C12H15ClFNO. The molecule has 1 saturated heterocycles. The Balaban J connectivity index is 2.21. The Morgan fingerprint density at radius 3 is 2.94 bits per heavy atom. The summed E-state index contributed by atoms with van der Waals surface area (Å²) in [6.45, 7) is 1.83. The number of hydrogen-bond acceptors (Lipinski definition) is 2. The third kappa shape index (κ3) is 2.37. The van der Waals surface area contributed by atoms with Crippen LogP contribution in [0, 0.1) is 11.2 Å². The van der Waals surface area contributed by atoms with E-state index in [1.54, 1.807) is 12.1 Å². The van der Waals surface area contributed by atoms with Gasteiger partial charge in [-0.25, -0.2) is 4.39 Å². The lowest BCUT2D eigenvalue weighted by Crippen LogP contribution is -2.33. The maximum Gasteiger partial charge on any atom is 0.126 e. The number of halogens is 2. The van der Waals surface area contributed by atoms with Crippen molar-refractivity contribution in [2.24, 2.45) is 11.1 Å². The maximum absolute atomic E-state index is 13.6. The number of nitrogens with two attached hydrogens (primary N) is 1. The summed E-state index contributed by atoms with van der Waals surface area (Å²) in [7, 11) is 0. The van der Waals surface area contributed by atoms with E-state index in [1.165, 1.54) is 6.07 Å². The summed E-state index contributed by atoms with van der Waals surface area (Å²) >= 11 is 5.86. The van der Waals surface area contributed by atoms with Crippen molar-refractivity contribution in [3.8, 4) is 0 Å². The van der Waals surface area contributed by atoms with Gasteiger partial charge in [-0.1, -0.05) is 11.6 Å². The second-order valence-electron chi connectivity index (χ2n) is 4.42. The highest BCUT2D eigenvalue weighted by molar-refractivity contribution is 6.30. The maximum atomic E-state index is 13.6. The highest BCUT2D eigenvalue weighted by Gasteiger charge is 2.34. The molecule has 0 saturated carbocycles. The van der Waals surface area contributed by atoms with Crippen molar-refractivity contribution in [1.29, 1.82) is 0 Å². The van der Waals surface area contributed by atoms with Crippen LogP contribution in [0.5, 0.6) is 0 Å². The molecule has 0 radical (unpaired) electrons. The first-order valence-electron chi connectivity index (χ1n) is 5.37. The predicted octanol–water partition coefficient (Wildman–Crippen LogP) is 2.39. The fourth-order valence-electron chi connectivity index (χ4n) is 2.10. The number of benzene rings is 1. The Labute approximate surface area is 99.5 Å². The topological polar surface area (TPSA) is 35.2 Å². The summed E-state index contributed by atoms with van der Waals surface area (Å²) in [6, 6.07) is 4.63. The summed E-state index contributed by atoms with van der Waals surface area (Å²) in [5, 5.41) is 0.558. The molecule has 88 valence electrons. The van der Waals surface area contributed by atoms with Gasteiger partial charge in [0.05, 0.1) is 6.61 Å². The molecule has 1 atom stereocenters. The highest BCUT2D eigenvalue weighted by Crippen LogP contribution is 2.32. The first kappa shape index (κ1) is 11.8. The van der Waals surface area contributed by atoms with Gasteiger partial charge in [0.2, 0.25) is 0 Å². The van der Waals surface area contributed by atoms with E-state index >= 15 is 0 Å². The van der Waals surface area contributed by atoms with E-state index in [9.17, 15) is 4.39 Å². The average Bonchev–Trinajstić information content (AvgIpc) is 2.73. The molecule has 4 heteroatoms. The SMILES string of the molecule is NCC1(Cc2cc(Cl)ccc2F)CCOC1. The van der Waals surface area contributed by atoms with Gasteiger partial charge >= 0.3 is 0 Å². The van der Waals surface area contributed by atoms with Crippen molar-refractivity contribution < 1.29 is 9.13 Å². The van der Waals surface area contributed by atoms with Crippen LogP contribution < -0.4 is 5.73 Å². The van der Waals surface area contributed by atoms with Crippen LogP contribution in [0.2, 0.25) is 5.02 Å². The Kier molecular flexibility index (Phi) is 3.47. The average molecular weight is 244 g/mol. The van der Waals surface area contributed by atoms with Crippen LogP contribution >= 0.6 is 11.6 Å². The van der Waals surface area contributed by atoms with Crippen molar-refractivity contribution in [2.75, 3.05) is 19.8 Å². The fraction of sp³-hybridized carbons (Fsp3) is 0.500. The number of rotatable bonds is 3. The molecular weight excluding hydrogens is 229 g/mol. The van der Waals surface area contributed by atoms with Gasteiger partial charge in [0, 0.05) is 23.6 Å². The Morgan fingerprint density at radius 1 is 1.50 bits per heavy atom. The molecule has 1 aliphatic rings. The quantitative estimate of drug-likeness (QED) is 0.885. The second-order valence-corrected chi connectivity index (χ2v) is 4.86. The normalized spacial score (nSPS) is 24.9. The van der Waals surface area contributed by atoms with Crippen molar-refractivity contribution in [3.63, 3.8) is 0 Å². The standard InChI is InChI=1S/C12H15ClFNO/c13-10-1-2-11(14)9(5-10)6-12(7-15)3-4-16-8-12/h1-2,5H,3-4,6-8,15H2. The third-order valence-corrected chi connectivity index (χ3v) is 3.43. The van der Waals surface area contributed by atoms with E-state index in [2.05, 4.69) is 0 Å². The first-order valence-corrected chi connectivity index (χ1v) is 5.75. The van der Waals surface area contributed by atoms with Gasteiger partial charge in [-0.15, -0.1) is 0 Å². The van der Waals surface area contributed by atoms with Crippen molar-refractivity contribution in [2.45, 2.75) is 12.8 Å². The molecule has 1 aromatic rings. The Morgan fingerprint density at radius 2 is 2.31 bits per heavy atom. The molecule has 2 N–H and O–H groups in total. The minimum Gasteiger partial charge on any atom is -0.381 e. The van der Waals surface area contributed by atoms with E-state index in [4.69, 9.17) is 22.1 Å². The van der Waals surface area contributed by atoms with E-state index in [0.717, 1.165) is 6.42 Å². The molecule has 1 unspecified atom stereocenters. The lowest BCUT2D eigenvalue weighted by atomic mass is 9.81. The van der Waals surface area contributed by atoms with Gasteiger partial charge in [0.1, 0.15) is 5.82 Å². The van der Waals surface area contributed by atoms with Crippen LogP contribution in [0.4, 0.5) is 4.39 Å². The zero-order valence-corrected chi connectivity index (χ0v) is 9.77. The molecule has 1 aliphatic heterocycles. The molecule has 0 aliphatic carbocycles. The van der Waals surface area contributed by atoms with Crippen LogP contribution in [0.3, 0.4) is 0 Å². The van der Waals surface area contributed by atoms with E-state index < -0.39 is 0 Å². The molecule has 1 fully saturated rings. The van der Waals surface area contributed by atoms with Gasteiger partial charge < -0.3 is 10.5 Å². The Bertz CT molecular complexity index is 377. The smallest absolute Gasteiger partial charge is 0.126 e. The summed E-state index contributed by atoms with van der Waals surface area (Å²) in [6.07, 6.45) is 1.48. The second kappa shape index (κ2) is 4.70. The summed E-state index contributed by atoms with van der Waals surface area (Å²) in [5.41, 5.74) is 6.28. The van der Waals surface area contributed by atoms with Crippen molar-refractivity contribution in [3.05, 3.63) is 34.6 Å². The lowest BCUT2D eigenvalue weighted by molar-refractivity contribution is 0.154. The molecule has 1 heterocycles. The first-order chi connectivity index (χ1) is 7.65. The molecule has 0 bridgehead atoms. The Hall–Kier alpha value is -0.640. The molecule has 0 aromatic heterocycles. The largest absolute Gasteiger partial charge is 0.381 e. The molecule has 1 aromatic carbocycles. The van der Waals surface area contributed by atoms with Crippen molar-refractivity contribution >= 4 is 11.6 Å². The van der Waals surface area contributed by atoms with Gasteiger partial charge in [0.15, 0.2) is 0 Å². The van der Waals surface area contributed by atoms with E-state index in [1.807, 2.05) is 0 Å². The van der Waals surface area contributed by atoms with Gasteiger partial charge in [-0.05, 0) is 36.6 Å². The predicted molar refractivity (Wildman–Crippen MR) is 62.0 cm³/mol. The van der Waals surface area contributed by atoms with Crippen LogP contribution in [-0.2, 0) is 11.2 Å². The minimum absolute atomic E-state index is 0.120. The van der Waals surface area contributed by atoms with E-state index in [0.29, 0.717) is 36.8 Å². The van der Waals surface area contributed by atoms with Gasteiger partial charge in [0.25, 0.3) is 0 Å². The van der Waals surface area contributed by atoms with Crippen LogP contribution in [-0.4, -0.2) is 19.8 Å². The van der Waals surface area contributed by atoms with Gasteiger partial charge in [-0.2, -0.15) is 0 Å². The summed E-state index contributed by atoms with van der Waals surface area (Å²) < 4.78 is 18.9. The summed E-state index contributed by atoms with van der Waals surface area (Å²) in [4.78, 5) is 0. The molecule has 0 amide bonds. The van der Waals surface area contributed by atoms with Crippen LogP contribution in [0.25, 0.3) is 0 Å². The third-order valence-electron chi connectivity index (χ3n) is 3.19. The zero-order valence-electron chi connectivity index (χ0n) is 9.01. The van der Waals surface area contributed by atoms with Gasteiger partial charge in [-0.3, -0.25) is 0 Å². The fourth-order valence-corrected chi connectivity index (χ4v) is 2.30. The molecule has 2 rings (SSSR count).